The monoisotopic (exact) mass is 244 g/mol. The molecule has 2 aromatic rings. The van der Waals surface area contributed by atoms with Crippen molar-refractivity contribution in [2.45, 2.75) is 6.61 Å². The number of pyridine rings is 1. The Kier molecular flexibility index (Phi) is 3.43. The summed E-state index contributed by atoms with van der Waals surface area (Å²) in [5, 5.41) is 9.02. The van der Waals surface area contributed by atoms with Crippen LogP contribution in [-0.2, 0) is 6.61 Å². The molecule has 0 atom stereocenters. The number of carbonyl (C=O) groups is 1. The van der Waals surface area contributed by atoms with Crippen LogP contribution in [0.3, 0.4) is 0 Å². The summed E-state index contributed by atoms with van der Waals surface area (Å²) < 4.78 is 5.46. The molecule has 0 radical (unpaired) electrons. The smallest absolute Gasteiger partial charge is 0.339 e. The number of carboxylic acids is 1. The number of aromatic carboxylic acids is 1. The lowest BCUT2D eigenvalue weighted by Crippen LogP contribution is -2.04. The third-order valence-electron chi connectivity index (χ3n) is 2.35. The van der Waals surface area contributed by atoms with Gasteiger partial charge in [-0.25, -0.2) is 4.79 Å². The van der Waals surface area contributed by atoms with Gasteiger partial charge in [-0.1, -0.05) is 6.07 Å². The zero-order chi connectivity index (χ0) is 13.0. The van der Waals surface area contributed by atoms with E-state index in [4.69, 9.17) is 15.6 Å². The normalized spacial score (nSPS) is 10.0. The fourth-order valence-corrected chi connectivity index (χ4v) is 1.48. The zero-order valence-corrected chi connectivity index (χ0v) is 9.54. The number of anilines is 1. The molecule has 2 rings (SSSR count). The van der Waals surface area contributed by atoms with Crippen LogP contribution in [0.15, 0.2) is 42.7 Å². The third kappa shape index (κ3) is 2.76. The molecule has 0 bridgehead atoms. The first-order valence-corrected chi connectivity index (χ1v) is 5.31. The fraction of sp³-hybridized carbons (Fsp3) is 0.0769. The zero-order valence-electron chi connectivity index (χ0n) is 9.54. The van der Waals surface area contributed by atoms with Crippen molar-refractivity contribution in [1.82, 2.24) is 4.98 Å². The van der Waals surface area contributed by atoms with Crippen molar-refractivity contribution in [3.05, 3.63) is 53.9 Å². The van der Waals surface area contributed by atoms with Crippen LogP contribution in [0.4, 0.5) is 5.69 Å². The number of nitrogens with zero attached hydrogens (tertiary/aromatic N) is 1. The first kappa shape index (κ1) is 11.9. The van der Waals surface area contributed by atoms with E-state index in [9.17, 15) is 4.79 Å². The molecule has 5 nitrogen and oxygen atoms in total. The largest absolute Gasteiger partial charge is 0.488 e. The van der Waals surface area contributed by atoms with E-state index in [0.29, 0.717) is 5.69 Å². The maximum Gasteiger partial charge on any atom is 0.339 e. The van der Waals surface area contributed by atoms with E-state index in [2.05, 4.69) is 4.98 Å². The average molecular weight is 244 g/mol. The van der Waals surface area contributed by atoms with Gasteiger partial charge >= 0.3 is 5.97 Å². The number of carboxylic acid groups (broad SMARTS) is 1. The van der Waals surface area contributed by atoms with Crippen molar-refractivity contribution < 1.29 is 14.6 Å². The summed E-state index contributed by atoms with van der Waals surface area (Å²) >= 11 is 0. The molecule has 3 N–H and O–H groups in total. The Morgan fingerprint density at radius 1 is 1.39 bits per heavy atom. The molecule has 1 aromatic heterocycles. The predicted molar refractivity (Wildman–Crippen MR) is 66.4 cm³/mol. The van der Waals surface area contributed by atoms with Crippen molar-refractivity contribution in [3.8, 4) is 5.75 Å². The van der Waals surface area contributed by atoms with Crippen molar-refractivity contribution in [1.29, 1.82) is 0 Å². The first-order valence-electron chi connectivity index (χ1n) is 5.31. The Hall–Kier alpha value is -2.56. The van der Waals surface area contributed by atoms with Gasteiger partial charge < -0.3 is 15.6 Å². The van der Waals surface area contributed by atoms with Gasteiger partial charge in [0.25, 0.3) is 0 Å². The number of nitrogens with two attached hydrogens (primary N) is 1. The van der Waals surface area contributed by atoms with Gasteiger partial charge in [0.15, 0.2) is 0 Å². The van der Waals surface area contributed by atoms with E-state index < -0.39 is 5.97 Å². The highest BCUT2D eigenvalue weighted by atomic mass is 16.5. The molecule has 0 fully saturated rings. The summed E-state index contributed by atoms with van der Waals surface area (Å²) in [4.78, 5) is 15.0. The van der Waals surface area contributed by atoms with Crippen molar-refractivity contribution in [3.63, 3.8) is 0 Å². The molecule has 5 heteroatoms. The van der Waals surface area contributed by atoms with Crippen LogP contribution in [0.1, 0.15) is 15.9 Å². The number of hydrogen-bond acceptors (Lipinski definition) is 4. The molecular weight excluding hydrogens is 232 g/mol. The SMILES string of the molecule is Nc1ccc(C(=O)O)c(OCc2cccnc2)c1. The highest BCUT2D eigenvalue weighted by Gasteiger charge is 2.11. The van der Waals surface area contributed by atoms with Gasteiger partial charge in [-0.3, -0.25) is 4.98 Å². The van der Waals surface area contributed by atoms with Crippen LogP contribution in [0.2, 0.25) is 0 Å². The van der Waals surface area contributed by atoms with Crippen LogP contribution in [0.5, 0.6) is 5.75 Å². The summed E-state index contributed by atoms with van der Waals surface area (Å²) in [7, 11) is 0. The lowest BCUT2D eigenvalue weighted by Gasteiger charge is -2.09. The molecule has 0 aliphatic rings. The minimum absolute atomic E-state index is 0.0908. The number of benzene rings is 1. The van der Waals surface area contributed by atoms with Crippen LogP contribution in [0.25, 0.3) is 0 Å². The van der Waals surface area contributed by atoms with E-state index in [1.54, 1.807) is 18.5 Å². The van der Waals surface area contributed by atoms with Gasteiger partial charge in [0.2, 0.25) is 0 Å². The van der Waals surface area contributed by atoms with Gasteiger partial charge in [-0.2, -0.15) is 0 Å². The van der Waals surface area contributed by atoms with Crippen molar-refractivity contribution in [2.75, 3.05) is 5.73 Å². The first-order chi connectivity index (χ1) is 8.66. The van der Waals surface area contributed by atoms with Gasteiger partial charge in [-0.15, -0.1) is 0 Å². The summed E-state index contributed by atoms with van der Waals surface area (Å²) in [5.74, 6) is -0.789. The van der Waals surface area contributed by atoms with Gasteiger partial charge in [0.1, 0.15) is 17.9 Å². The second-order valence-electron chi connectivity index (χ2n) is 3.71. The highest BCUT2D eigenvalue weighted by Crippen LogP contribution is 2.22. The molecule has 1 heterocycles. The highest BCUT2D eigenvalue weighted by molar-refractivity contribution is 5.91. The van der Waals surface area contributed by atoms with Gasteiger partial charge in [-0.05, 0) is 18.2 Å². The molecule has 1 aromatic carbocycles. The molecule has 0 saturated heterocycles. The van der Waals surface area contributed by atoms with E-state index in [0.717, 1.165) is 5.56 Å². The maximum absolute atomic E-state index is 11.0. The molecule has 0 unspecified atom stereocenters. The standard InChI is InChI=1S/C13H12N2O3/c14-10-3-4-11(13(16)17)12(6-10)18-8-9-2-1-5-15-7-9/h1-7H,8,14H2,(H,16,17). The quantitative estimate of drug-likeness (QED) is 0.803. The van der Waals surface area contributed by atoms with Crippen LogP contribution in [0, 0.1) is 0 Å². The number of hydrogen-bond donors (Lipinski definition) is 2. The van der Waals surface area contributed by atoms with Crippen LogP contribution in [-0.4, -0.2) is 16.1 Å². The molecule has 0 aliphatic heterocycles. The topological polar surface area (TPSA) is 85.4 Å². The summed E-state index contributed by atoms with van der Waals surface area (Å²) in [6.07, 6.45) is 3.32. The summed E-state index contributed by atoms with van der Waals surface area (Å²) in [6, 6.07) is 8.09. The van der Waals surface area contributed by atoms with Crippen LogP contribution < -0.4 is 10.5 Å². The minimum Gasteiger partial charge on any atom is -0.488 e. The molecule has 0 saturated carbocycles. The predicted octanol–water partition coefficient (Wildman–Crippen LogP) is 1.94. The van der Waals surface area contributed by atoms with Gasteiger partial charge in [0.05, 0.1) is 0 Å². The Morgan fingerprint density at radius 2 is 2.22 bits per heavy atom. The average Bonchev–Trinajstić information content (AvgIpc) is 2.37. The molecule has 0 spiro atoms. The number of nitrogen functional groups attached to an aromatic ring is 1. The van der Waals surface area contributed by atoms with E-state index in [1.807, 2.05) is 6.07 Å². The fourth-order valence-electron chi connectivity index (χ4n) is 1.48. The Morgan fingerprint density at radius 3 is 2.89 bits per heavy atom. The van der Waals surface area contributed by atoms with Gasteiger partial charge in [0, 0.05) is 29.7 Å². The number of rotatable bonds is 4. The number of ether oxygens (including phenoxy) is 1. The molecule has 0 aliphatic carbocycles. The molecule has 0 amide bonds. The maximum atomic E-state index is 11.0. The second-order valence-corrected chi connectivity index (χ2v) is 3.71. The lowest BCUT2D eigenvalue weighted by molar-refractivity contribution is 0.0692. The minimum atomic E-state index is -1.05. The second kappa shape index (κ2) is 5.18. The van der Waals surface area contributed by atoms with Crippen molar-refractivity contribution >= 4 is 11.7 Å². The summed E-state index contributed by atoms with van der Waals surface area (Å²) in [5.41, 5.74) is 7.02. The number of aromatic nitrogens is 1. The molecular formula is C13H12N2O3. The summed E-state index contributed by atoms with van der Waals surface area (Å²) in [6.45, 7) is 0.248. The van der Waals surface area contributed by atoms with E-state index in [-0.39, 0.29) is 17.9 Å². The Balaban J connectivity index is 2.18. The Labute approximate surface area is 104 Å². The van der Waals surface area contributed by atoms with Crippen LogP contribution >= 0.6 is 0 Å². The Bertz CT molecular complexity index is 555. The van der Waals surface area contributed by atoms with Crippen molar-refractivity contribution in [2.24, 2.45) is 0 Å². The molecule has 18 heavy (non-hydrogen) atoms. The molecule has 92 valence electrons. The van der Waals surface area contributed by atoms with E-state index in [1.165, 1.54) is 18.2 Å². The third-order valence-corrected chi connectivity index (χ3v) is 2.35. The van der Waals surface area contributed by atoms with E-state index >= 15 is 0 Å². The lowest BCUT2D eigenvalue weighted by atomic mass is 10.2.